The van der Waals surface area contributed by atoms with E-state index in [4.69, 9.17) is 4.74 Å². The fourth-order valence-corrected chi connectivity index (χ4v) is 2.72. The molecule has 0 atom stereocenters. The number of nitrogens with zero attached hydrogens (tertiary/aromatic N) is 1. The van der Waals surface area contributed by atoms with E-state index < -0.39 is 0 Å². The van der Waals surface area contributed by atoms with E-state index in [9.17, 15) is 0 Å². The monoisotopic (exact) mass is 292 g/mol. The quantitative estimate of drug-likeness (QED) is 0.744. The van der Waals surface area contributed by atoms with E-state index in [0.717, 1.165) is 33.7 Å². The molecular weight excluding hydrogens is 272 g/mol. The Labute approximate surface area is 131 Å². The molecule has 1 N–H and O–H groups in total. The third-order valence-corrected chi connectivity index (χ3v) is 3.80. The van der Waals surface area contributed by atoms with Gasteiger partial charge in [0.25, 0.3) is 0 Å². The molecule has 0 bridgehead atoms. The van der Waals surface area contributed by atoms with Gasteiger partial charge in [-0.1, -0.05) is 29.8 Å². The van der Waals surface area contributed by atoms with Crippen LogP contribution < -0.4 is 10.1 Å². The molecule has 0 aliphatic rings. The number of fused-ring (bicyclic) bond motifs is 1. The van der Waals surface area contributed by atoms with Gasteiger partial charge >= 0.3 is 0 Å². The van der Waals surface area contributed by atoms with Crippen LogP contribution in [0.3, 0.4) is 0 Å². The van der Waals surface area contributed by atoms with Crippen LogP contribution in [0.5, 0.6) is 5.75 Å². The fraction of sp³-hybridized carbons (Fsp3) is 0.211. The molecule has 0 aliphatic heterocycles. The molecule has 0 amide bonds. The van der Waals surface area contributed by atoms with Gasteiger partial charge in [0.1, 0.15) is 11.3 Å². The molecule has 0 saturated heterocycles. The molecule has 2 aromatic carbocycles. The minimum absolute atomic E-state index is 0.796. The Morgan fingerprint density at radius 1 is 0.955 bits per heavy atom. The van der Waals surface area contributed by atoms with Gasteiger partial charge in [0, 0.05) is 22.5 Å². The third-order valence-electron chi connectivity index (χ3n) is 3.80. The Hall–Kier alpha value is -2.55. The van der Waals surface area contributed by atoms with Gasteiger partial charge in [-0.05, 0) is 44.5 Å². The summed E-state index contributed by atoms with van der Waals surface area (Å²) in [5.74, 6) is 0.796. The summed E-state index contributed by atoms with van der Waals surface area (Å²) in [5.41, 5.74) is 6.50. The first-order valence-electron chi connectivity index (χ1n) is 7.37. The van der Waals surface area contributed by atoms with Crippen molar-refractivity contribution in [1.82, 2.24) is 4.98 Å². The van der Waals surface area contributed by atoms with E-state index in [2.05, 4.69) is 54.5 Å². The number of pyridine rings is 1. The van der Waals surface area contributed by atoms with Crippen LogP contribution in [0.4, 0.5) is 11.4 Å². The summed E-state index contributed by atoms with van der Waals surface area (Å²) in [6, 6.07) is 14.5. The number of ether oxygens (including phenoxy) is 1. The van der Waals surface area contributed by atoms with Gasteiger partial charge in [0.15, 0.2) is 0 Å². The van der Waals surface area contributed by atoms with Crippen molar-refractivity contribution >= 4 is 22.3 Å². The molecule has 0 spiro atoms. The predicted molar refractivity (Wildman–Crippen MR) is 92.2 cm³/mol. The fourth-order valence-electron chi connectivity index (χ4n) is 2.72. The first-order valence-corrected chi connectivity index (χ1v) is 7.37. The number of hydrogen-bond acceptors (Lipinski definition) is 3. The van der Waals surface area contributed by atoms with Crippen LogP contribution in [-0.4, -0.2) is 12.1 Å². The molecule has 3 rings (SSSR count). The van der Waals surface area contributed by atoms with Crippen LogP contribution in [0, 0.1) is 20.8 Å². The average molecular weight is 292 g/mol. The lowest BCUT2D eigenvalue weighted by atomic mass is 10.1. The second-order valence-electron chi connectivity index (χ2n) is 5.61. The molecule has 0 radical (unpaired) electrons. The number of hydrogen-bond donors (Lipinski definition) is 1. The average Bonchev–Trinajstić information content (AvgIpc) is 2.49. The van der Waals surface area contributed by atoms with Crippen LogP contribution in [-0.2, 0) is 0 Å². The summed E-state index contributed by atoms with van der Waals surface area (Å²) in [6.07, 6.45) is 0. The van der Waals surface area contributed by atoms with Gasteiger partial charge in [-0.3, -0.25) is 0 Å². The van der Waals surface area contributed by atoms with Gasteiger partial charge in [0.2, 0.25) is 0 Å². The first kappa shape index (κ1) is 14.4. The molecule has 3 aromatic rings. The summed E-state index contributed by atoms with van der Waals surface area (Å²) < 4.78 is 5.44. The van der Waals surface area contributed by atoms with Gasteiger partial charge in [-0.25, -0.2) is 4.98 Å². The summed E-state index contributed by atoms with van der Waals surface area (Å²) in [7, 11) is 1.68. The zero-order valence-corrected chi connectivity index (χ0v) is 13.4. The van der Waals surface area contributed by atoms with E-state index in [1.54, 1.807) is 7.11 Å². The highest BCUT2D eigenvalue weighted by atomic mass is 16.5. The van der Waals surface area contributed by atoms with E-state index in [1.165, 1.54) is 11.1 Å². The molecule has 1 heterocycles. The van der Waals surface area contributed by atoms with E-state index in [0.29, 0.717) is 0 Å². The van der Waals surface area contributed by atoms with E-state index >= 15 is 0 Å². The van der Waals surface area contributed by atoms with Crippen molar-refractivity contribution < 1.29 is 4.74 Å². The van der Waals surface area contributed by atoms with E-state index in [1.807, 2.05) is 19.1 Å². The smallest absolute Gasteiger partial charge is 0.145 e. The highest BCUT2D eigenvalue weighted by Crippen LogP contribution is 2.32. The Kier molecular flexibility index (Phi) is 3.72. The van der Waals surface area contributed by atoms with Crippen molar-refractivity contribution in [2.24, 2.45) is 0 Å². The lowest BCUT2D eigenvalue weighted by Gasteiger charge is -2.14. The lowest BCUT2D eigenvalue weighted by Crippen LogP contribution is -1.98. The van der Waals surface area contributed by atoms with Crippen molar-refractivity contribution in [2.45, 2.75) is 20.8 Å². The van der Waals surface area contributed by atoms with Crippen molar-refractivity contribution in [3.63, 3.8) is 0 Å². The van der Waals surface area contributed by atoms with Crippen molar-refractivity contribution in [1.29, 1.82) is 0 Å². The maximum Gasteiger partial charge on any atom is 0.145 e. The lowest BCUT2D eigenvalue weighted by molar-refractivity contribution is 0.419. The van der Waals surface area contributed by atoms with Crippen molar-refractivity contribution in [3.8, 4) is 5.75 Å². The number of aromatic nitrogens is 1. The zero-order chi connectivity index (χ0) is 15.7. The molecule has 112 valence electrons. The van der Waals surface area contributed by atoms with Gasteiger partial charge in [0.05, 0.1) is 7.11 Å². The minimum Gasteiger partial charge on any atom is -0.494 e. The van der Waals surface area contributed by atoms with Gasteiger partial charge < -0.3 is 10.1 Å². The Morgan fingerprint density at radius 3 is 2.50 bits per heavy atom. The summed E-state index contributed by atoms with van der Waals surface area (Å²) in [4.78, 5) is 4.62. The van der Waals surface area contributed by atoms with Gasteiger partial charge in [-0.2, -0.15) is 0 Å². The molecule has 0 aliphatic carbocycles. The number of benzene rings is 2. The standard InChI is InChI=1S/C19H20N2O/c1-12-8-9-16(13(2)10-12)21-17-11-14(3)20-19-15(17)6-5-7-18(19)22-4/h5-11H,1-4H3,(H,20,21). The normalized spacial score (nSPS) is 10.7. The molecule has 3 nitrogen and oxygen atoms in total. The van der Waals surface area contributed by atoms with E-state index in [-0.39, 0.29) is 0 Å². The molecule has 1 aromatic heterocycles. The Morgan fingerprint density at radius 2 is 1.77 bits per heavy atom. The molecule has 0 unspecified atom stereocenters. The minimum atomic E-state index is 0.796. The molecule has 0 fully saturated rings. The van der Waals surface area contributed by atoms with Crippen LogP contribution in [0.2, 0.25) is 0 Å². The second kappa shape index (κ2) is 5.68. The topological polar surface area (TPSA) is 34.1 Å². The molecular formula is C19H20N2O. The highest BCUT2D eigenvalue weighted by Gasteiger charge is 2.09. The van der Waals surface area contributed by atoms with Crippen molar-refractivity contribution in [3.05, 3.63) is 59.3 Å². The molecule has 22 heavy (non-hydrogen) atoms. The van der Waals surface area contributed by atoms with Crippen LogP contribution >= 0.6 is 0 Å². The first-order chi connectivity index (χ1) is 10.6. The van der Waals surface area contributed by atoms with Crippen LogP contribution in [0.1, 0.15) is 16.8 Å². The van der Waals surface area contributed by atoms with Crippen LogP contribution in [0.15, 0.2) is 42.5 Å². The Bertz CT molecular complexity index is 840. The highest BCUT2D eigenvalue weighted by molar-refractivity contribution is 5.96. The summed E-state index contributed by atoms with van der Waals surface area (Å²) in [5, 5.41) is 4.60. The maximum absolute atomic E-state index is 5.44. The molecule has 3 heteroatoms. The third kappa shape index (κ3) is 2.62. The number of aryl methyl sites for hydroxylation is 3. The summed E-state index contributed by atoms with van der Waals surface area (Å²) in [6.45, 7) is 6.22. The largest absolute Gasteiger partial charge is 0.494 e. The number of anilines is 2. The maximum atomic E-state index is 5.44. The number of rotatable bonds is 3. The predicted octanol–water partition coefficient (Wildman–Crippen LogP) is 4.91. The van der Waals surface area contributed by atoms with Crippen LogP contribution in [0.25, 0.3) is 10.9 Å². The zero-order valence-electron chi connectivity index (χ0n) is 13.4. The number of methoxy groups -OCH3 is 1. The number of para-hydroxylation sites is 1. The molecule has 0 saturated carbocycles. The van der Waals surface area contributed by atoms with Gasteiger partial charge in [-0.15, -0.1) is 0 Å². The Balaban J connectivity index is 2.14. The van der Waals surface area contributed by atoms with Crippen molar-refractivity contribution in [2.75, 3.05) is 12.4 Å². The number of nitrogens with one attached hydrogen (secondary N) is 1. The SMILES string of the molecule is COc1cccc2c(Nc3ccc(C)cc3C)cc(C)nc12. The second-order valence-corrected chi connectivity index (χ2v) is 5.61. The summed E-state index contributed by atoms with van der Waals surface area (Å²) >= 11 is 0.